The Balaban J connectivity index is 0.00000196. The van der Waals surface area contributed by atoms with Crippen LogP contribution < -0.4 is 5.73 Å². The van der Waals surface area contributed by atoms with Crippen LogP contribution in [0.3, 0.4) is 0 Å². The highest BCUT2D eigenvalue weighted by molar-refractivity contribution is 7.90. The van der Waals surface area contributed by atoms with Gasteiger partial charge in [0.1, 0.15) is 0 Å². The molecule has 1 rings (SSSR count). The number of nitrogens with two attached hydrogens (primary N) is 1. The monoisotopic (exact) mass is 250 g/mol. The first-order chi connectivity index (χ1) is 6.54. The minimum absolute atomic E-state index is 0. The summed E-state index contributed by atoms with van der Waals surface area (Å²) in [5.74, 6) is 0. The number of aromatic nitrogens is 1. The summed E-state index contributed by atoms with van der Waals surface area (Å²) in [4.78, 5) is 3.87. The number of hydrogen-bond acceptors (Lipinski definition) is 4. The van der Waals surface area contributed by atoms with Crippen molar-refractivity contribution in [2.45, 2.75) is 17.9 Å². The maximum absolute atomic E-state index is 11.1. The van der Waals surface area contributed by atoms with E-state index >= 15 is 0 Å². The Morgan fingerprint density at radius 2 is 2.07 bits per heavy atom. The molecule has 2 N–H and O–H groups in total. The Bertz CT molecular complexity index is 389. The Hall–Kier alpha value is -0.650. The predicted octanol–water partition coefficient (Wildman–Crippen LogP) is 0.798. The van der Waals surface area contributed by atoms with Gasteiger partial charge in [0.2, 0.25) is 0 Å². The number of sulfone groups is 1. The zero-order valence-electron chi connectivity index (χ0n) is 8.51. The molecule has 0 aliphatic carbocycles. The zero-order chi connectivity index (χ0) is 10.6. The van der Waals surface area contributed by atoms with Crippen LogP contribution in [0.2, 0.25) is 0 Å². The van der Waals surface area contributed by atoms with Crippen LogP contribution in [0.4, 0.5) is 0 Å². The molecule has 1 aromatic heterocycles. The minimum Gasteiger partial charge on any atom is -0.330 e. The Labute approximate surface area is 96.2 Å². The number of pyridine rings is 1. The summed E-state index contributed by atoms with van der Waals surface area (Å²) in [7, 11) is -3.18. The van der Waals surface area contributed by atoms with Gasteiger partial charge in [-0.25, -0.2) is 13.4 Å². The van der Waals surface area contributed by atoms with Crippen molar-refractivity contribution in [2.24, 2.45) is 5.73 Å². The van der Waals surface area contributed by atoms with Gasteiger partial charge in [0.05, 0.1) is 0 Å². The molecular formula is C9H15ClN2O2S. The van der Waals surface area contributed by atoms with Gasteiger partial charge in [-0.15, -0.1) is 12.4 Å². The molecule has 0 unspecified atom stereocenters. The first-order valence-corrected chi connectivity index (χ1v) is 6.28. The van der Waals surface area contributed by atoms with Gasteiger partial charge in [0, 0.05) is 12.5 Å². The number of halogens is 1. The lowest BCUT2D eigenvalue weighted by molar-refractivity contribution is 0.598. The predicted molar refractivity (Wildman–Crippen MR) is 62.0 cm³/mol. The largest absolute Gasteiger partial charge is 0.330 e. The van der Waals surface area contributed by atoms with Crippen LogP contribution in [0, 0.1) is 0 Å². The number of aryl methyl sites for hydroxylation is 1. The Morgan fingerprint density at radius 1 is 1.40 bits per heavy atom. The molecule has 86 valence electrons. The van der Waals surface area contributed by atoms with Gasteiger partial charge in [0.25, 0.3) is 0 Å². The van der Waals surface area contributed by atoms with Crippen LogP contribution in [-0.4, -0.2) is 26.2 Å². The Morgan fingerprint density at radius 3 is 2.47 bits per heavy atom. The van der Waals surface area contributed by atoms with Crippen molar-refractivity contribution >= 4 is 22.2 Å². The molecule has 0 aromatic carbocycles. The second-order valence-corrected chi connectivity index (χ2v) is 5.13. The van der Waals surface area contributed by atoms with Gasteiger partial charge >= 0.3 is 0 Å². The topological polar surface area (TPSA) is 73.0 Å². The second-order valence-electron chi connectivity index (χ2n) is 3.17. The SMILES string of the molecule is CS(=O)(=O)c1ccc(CCCN)cn1.Cl. The fourth-order valence-electron chi connectivity index (χ4n) is 1.08. The summed E-state index contributed by atoms with van der Waals surface area (Å²) in [6.07, 6.45) is 4.47. The molecule has 0 spiro atoms. The zero-order valence-corrected chi connectivity index (χ0v) is 10.1. The third-order valence-electron chi connectivity index (χ3n) is 1.85. The van der Waals surface area contributed by atoms with Crippen LogP contribution >= 0.6 is 12.4 Å². The molecule has 0 fully saturated rings. The summed E-state index contributed by atoms with van der Waals surface area (Å²) < 4.78 is 22.2. The van der Waals surface area contributed by atoms with E-state index in [1.807, 2.05) is 0 Å². The lowest BCUT2D eigenvalue weighted by atomic mass is 10.2. The summed E-state index contributed by atoms with van der Waals surface area (Å²) in [6.45, 7) is 0.633. The maximum Gasteiger partial charge on any atom is 0.192 e. The molecule has 0 aliphatic heterocycles. The second kappa shape index (κ2) is 6.05. The average Bonchev–Trinajstić information content (AvgIpc) is 2.14. The van der Waals surface area contributed by atoms with Gasteiger partial charge < -0.3 is 5.73 Å². The van der Waals surface area contributed by atoms with E-state index in [-0.39, 0.29) is 17.4 Å². The molecule has 0 atom stereocenters. The minimum atomic E-state index is -3.18. The van der Waals surface area contributed by atoms with Crippen molar-refractivity contribution < 1.29 is 8.42 Å². The number of hydrogen-bond donors (Lipinski definition) is 1. The summed E-state index contributed by atoms with van der Waals surface area (Å²) in [6, 6.07) is 3.31. The normalized spacial score (nSPS) is 10.8. The van der Waals surface area contributed by atoms with Crippen LogP contribution in [-0.2, 0) is 16.3 Å². The third kappa shape index (κ3) is 4.59. The number of nitrogens with zero attached hydrogens (tertiary/aromatic N) is 1. The van der Waals surface area contributed by atoms with Crippen LogP contribution in [0.1, 0.15) is 12.0 Å². The van der Waals surface area contributed by atoms with E-state index in [1.54, 1.807) is 12.3 Å². The van der Waals surface area contributed by atoms with Crippen LogP contribution in [0.25, 0.3) is 0 Å². The van der Waals surface area contributed by atoms with Gasteiger partial charge in [0.15, 0.2) is 14.9 Å². The standard InChI is InChI=1S/C9H14N2O2S.ClH/c1-14(12,13)9-5-4-8(7-11-9)3-2-6-10;/h4-5,7H,2-3,6,10H2,1H3;1H. The molecular weight excluding hydrogens is 236 g/mol. The quantitative estimate of drug-likeness (QED) is 0.858. The van der Waals surface area contributed by atoms with E-state index < -0.39 is 9.84 Å². The van der Waals surface area contributed by atoms with E-state index in [0.29, 0.717) is 6.54 Å². The van der Waals surface area contributed by atoms with Crippen molar-refractivity contribution in [1.29, 1.82) is 0 Å². The summed E-state index contributed by atoms with van der Waals surface area (Å²) in [5, 5.41) is 0.119. The summed E-state index contributed by atoms with van der Waals surface area (Å²) in [5.41, 5.74) is 6.38. The first-order valence-electron chi connectivity index (χ1n) is 4.39. The van der Waals surface area contributed by atoms with Gasteiger partial charge in [-0.05, 0) is 31.0 Å². The van der Waals surface area contributed by atoms with E-state index in [1.165, 1.54) is 6.07 Å². The van der Waals surface area contributed by atoms with E-state index in [4.69, 9.17) is 5.73 Å². The number of rotatable bonds is 4. The molecule has 0 aliphatic rings. The van der Waals surface area contributed by atoms with Crippen LogP contribution in [0.5, 0.6) is 0 Å². The lowest BCUT2D eigenvalue weighted by Gasteiger charge is -2.00. The Kier molecular flexibility index (Phi) is 5.79. The molecule has 4 nitrogen and oxygen atoms in total. The highest BCUT2D eigenvalue weighted by Crippen LogP contribution is 2.07. The fourth-order valence-corrected chi connectivity index (χ4v) is 1.64. The fraction of sp³-hybridized carbons (Fsp3) is 0.444. The smallest absolute Gasteiger partial charge is 0.192 e. The highest BCUT2D eigenvalue weighted by atomic mass is 35.5. The highest BCUT2D eigenvalue weighted by Gasteiger charge is 2.07. The van der Waals surface area contributed by atoms with E-state index in [9.17, 15) is 8.42 Å². The molecule has 15 heavy (non-hydrogen) atoms. The van der Waals surface area contributed by atoms with Crippen LogP contribution in [0.15, 0.2) is 23.4 Å². The van der Waals surface area contributed by atoms with E-state index in [2.05, 4.69) is 4.98 Å². The first kappa shape index (κ1) is 14.3. The molecule has 0 bridgehead atoms. The maximum atomic E-state index is 11.1. The van der Waals surface area contributed by atoms with Crippen molar-refractivity contribution in [1.82, 2.24) is 4.98 Å². The molecule has 0 saturated carbocycles. The summed E-state index contributed by atoms with van der Waals surface area (Å²) >= 11 is 0. The van der Waals surface area contributed by atoms with Crippen molar-refractivity contribution in [3.63, 3.8) is 0 Å². The molecule has 6 heteroatoms. The lowest BCUT2D eigenvalue weighted by Crippen LogP contribution is -2.03. The third-order valence-corrected chi connectivity index (χ3v) is 2.85. The molecule has 1 aromatic rings. The molecule has 0 radical (unpaired) electrons. The van der Waals surface area contributed by atoms with Crippen molar-refractivity contribution in [3.8, 4) is 0 Å². The van der Waals surface area contributed by atoms with E-state index in [0.717, 1.165) is 24.7 Å². The van der Waals surface area contributed by atoms with Gasteiger partial charge in [-0.1, -0.05) is 6.07 Å². The molecule has 1 heterocycles. The average molecular weight is 251 g/mol. The van der Waals surface area contributed by atoms with Crippen molar-refractivity contribution in [3.05, 3.63) is 23.9 Å². The van der Waals surface area contributed by atoms with Gasteiger partial charge in [-0.2, -0.15) is 0 Å². The van der Waals surface area contributed by atoms with Crippen molar-refractivity contribution in [2.75, 3.05) is 12.8 Å². The van der Waals surface area contributed by atoms with Gasteiger partial charge in [-0.3, -0.25) is 0 Å². The molecule has 0 saturated heterocycles. The molecule has 0 amide bonds.